The van der Waals surface area contributed by atoms with Gasteiger partial charge in [0, 0.05) is 24.2 Å². The Kier molecular flexibility index (Phi) is 5.55. The van der Waals surface area contributed by atoms with E-state index in [0.29, 0.717) is 30.1 Å². The molecule has 2 aromatic rings. The third-order valence-corrected chi connectivity index (χ3v) is 3.44. The Morgan fingerprint density at radius 1 is 1.32 bits per heavy atom. The van der Waals surface area contributed by atoms with Gasteiger partial charge >= 0.3 is 0 Å². The van der Waals surface area contributed by atoms with Crippen LogP contribution in [0.25, 0.3) is 0 Å². The molecular formula is C15H17ClN4O2. The molecule has 2 rings (SSSR count). The summed E-state index contributed by atoms with van der Waals surface area (Å²) in [5.41, 5.74) is 6.43. The lowest BCUT2D eigenvalue weighted by molar-refractivity contribution is -0.118. The van der Waals surface area contributed by atoms with Gasteiger partial charge < -0.3 is 11.1 Å². The quantitative estimate of drug-likeness (QED) is 0.759. The van der Waals surface area contributed by atoms with Crippen LogP contribution in [0.15, 0.2) is 36.7 Å². The summed E-state index contributed by atoms with van der Waals surface area (Å²) in [4.78, 5) is 22.5. The zero-order chi connectivity index (χ0) is 15.9. The van der Waals surface area contributed by atoms with Crippen molar-refractivity contribution in [3.63, 3.8) is 0 Å². The second-order valence-electron chi connectivity index (χ2n) is 4.84. The monoisotopic (exact) mass is 320 g/mol. The van der Waals surface area contributed by atoms with Crippen LogP contribution in [-0.4, -0.2) is 28.1 Å². The Bertz CT molecular complexity index is 669. The molecule has 3 N–H and O–H groups in total. The van der Waals surface area contributed by atoms with Crippen LogP contribution < -0.4 is 11.1 Å². The molecule has 0 radical (unpaired) electrons. The number of nitrogens with zero attached hydrogens (tertiary/aromatic N) is 2. The molecule has 2 amide bonds. The number of carbonyl (C=O) groups excluding carboxylic acids is 2. The lowest BCUT2D eigenvalue weighted by Crippen LogP contribution is -2.25. The first-order chi connectivity index (χ1) is 10.6. The molecule has 1 aromatic heterocycles. The molecule has 0 unspecified atom stereocenters. The third kappa shape index (κ3) is 4.60. The highest BCUT2D eigenvalue weighted by Gasteiger charge is 2.09. The van der Waals surface area contributed by atoms with Crippen LogP contribution in [0.1, 0.15) is 28.8 Å². The van der Waals surface area contributed by atoms with Crippen molar-refractivity contribution in [2.24, 2.45) is 5.73 Å². The summed E-state index contributed by atoms with van der Waals surface area (Å²) in [6.45, 7) is 0.895. The normalized spacial score (nSPS) is 10.4. The number of nitrogens with one attached hydrogen (secondary N) is 1. The Balaban J connectivity index is 1.89. The van der Waals surface area contributed by atoms with Gasteiger partial charge in [-0.05, 0) is 18.1 Å². The number of hydrogen-bond acceptors (Lipinski definition) is 3. The largest absolute Gasteiger partial charge is 0.370 e. The molecule has 0 aliphatic rings. The maximum absolute atomic E-state index is 11.9. The van der Waals surface area contributed by atoms with Gasteiger partial charge in [0.2, 0.25) is 5.91 Å². The molecule has 0 fully saturated rings. The lowest BCUT2D eigenvalue weighted by atomic mass is 10.2. The minimum atomic E-state index is -0.373. The predicted molar refractivity (Wildman–Crippen MR) is 83.5 cm³/mol. The second kappa shape index (κ2) is 7.61. The van der Waals surface area contributed by atoms with E-state index in [4.69, 9.17) is 17.3 Å². The van der Waals surface area contributed by atoms with E-state index in [1.807, 2.05) is 24.3 Å². The van der Waals surface area contributed by atoms with Gasteiger partial charge in [-0.25, -0.2) is 0 Å². The average Bonchev–Trinajstić information content (AvgIpc) is 2.94. The van der Waals surface area contributed by atoms with E-state index >= 15 is 0 Å². The molecule has 0 spiro atoms. The Hall–Kier alpha value is -2.34. The number of primary amides is 1. The van der Waals surface area contributed by atoms with Gasteiger partial charge in [-0.2, -0.15) is 5.10 Å². The fraction of sp³-hybridized carbons (Fsp3) is 0.267. The Morgan fingerprint density at radius 3 is 2.82 bits per heavy atom. The van der Waals surface area contributed by atoms with E-state index in [-0.39, 0.29) is 18.2 Å². The van der Waals surface area contributed by atoms with Crippen LogP contribution in [-0.2, 0) is 11.3 Å². The number of rotatable bonds is 7. The molecule has 0 saturated carbocycles. The average molecular weight is 321 g/mol. The molecule has 0 aliphatic carbocycles. The predicted octanol–water partition coefficient (Wildman–Crippen LogP) is 1.58. The van der Waals surface area contributed by atoms with E-state index in [2.05, 4.69) is 10.4 Å². The number of halogens is 1. The van der Waals surface area contributed by atoms with Crippen molar-refractivity contribution in [3.05, 3.63) is 52.8 Å². The number of aromatic nitrogens is 2. The summed E-state index contributed by atoms with van der Waals surface area (Å²) in [5.74, 6) is -0.600. The van der Waals surface area contributed by atoms with Crippen LogP contribution in [0.3, 0.4) is 0 Å². The highest BCUT2D eigenvalue weighted by atomic mass is 35.5. The highest BCUT2D eigenvalue weighted by Crippen LogP contribution is 2.16. The smallest absolute Gasteiger partial charge is 0.254 e. The van der Waals surface area contributed by atoms with E-state index in [1.165, 1.54) is 6.20 Å². The third-order valence-electron chi connectivity index (χ3n) is 3.07. The highest BCUT2D eigenvalue weighted by molar-refractivity contribution is 6.31. The summed E-state index contributed by atoms with van der Waals surface area (Å²) in [6, 6.07) is 7.48. The maximum atomic E-state index is 11.9. The van der Waals surface area contributed by atoms with Crippen molar-refractivity contribution < 1.29 is 9.59 Å². The molecule has 6 nitrogen and oxygen atoms in total. The molecule has 0 saturated heterocycles. The molecule has 22 heavy (non-hydrogen) atoms. The van der Waals surface area contributed by atoms with E-state index in [1.54, 1.807) is 10.9 Å². The van der Waals surface area contributed by atoms with Crippen LogP contribution >= 0.6 is 11.6 Å². The van der Waals surface area contributed by atoms with Crippen molar-refractivity contribution >= 4 is 23.4 Å². The zero-order valence-electron chi connectivity index (χ0n) is 12.0. The molecule has 0 aliphatic heterocycles. The standard InChI is InChI=1S/C15H17ClN4O2/c16-13-5-2-1-4-11(13)9-20-10-12(8-19-20)15(22)18-7-3-6-14(17)21/h1-2,4-5,8,10H,3,6-7,9H2,(H2,17,21)(H,18,22). The van der Waals surface area contributed by atoms with Crippen LogP contribution in [0, 0.1) is 0 Å². The SMILES string of the molecule is NC(=O)CCCNC(=O)c1cnn(Cc2ccccc2Cl)c1. The minimum absolute atomic E-state index is 0.227. The molecule has 1 heterocycles. The molecule has 0 bridgehead atoms. The Morgan fingerprint density at radius 2 is 2.09 bits per heavy atom. The summed E-state index contributed by atoms with van der Waals surface area (Å²) in [6.07, 6.45) is 3.94. The van der Waals surface area contributed by atoms with E-state index in [9.17, 15) is 9.59 Å². The first kappa shape index (κ1) is 16.0. The first-order valence-corrected chi connectivity index (χ1v) is 7.26. The molecule has 1 aromatic carbocycles. The Labute approximate surface area is 133 Å². The second-order valence-corrected chi connectivity index (χ2v) is 5.25. The van der Waals surface area contributed by atoms with E-state index in [0.717, 1.165) is 5.56 Å². The van der Waals surface area contributed by atoms with Crippen molar-refractivity contribution in [3.8, 4) is 0 Å². The van der Waals surface area contributed by atoms with Crippen LogP contribution in [0.5, 0.6) is 0 Å². The number of carbonyl (C=O) groups is 2. The van der Waals surface area contributed by atoms with Crippen molar-refractivity contribution in [1.29, 1.82) is 0 Å². The molecule has 0 atom stereocenters. The molecular weight excluding hydrogens is 304 g/mol. The minimum Gasteiger partial charge on any atom is -0.370 e. The van der Waals surface area contributed by atoms with Crippen molar-refractivity contribution in [1.82, 2.24) is 15.1 Å². The number of hydrogen-bond donors (Lipinski definition) is 2. The summed E-state index contributed by atoms with van der Waals surface area (Å²) < 4.78 is 1.65. The van der Waals surface area contributed by atoms with Gasteiger partial charge in [0.05, 0.1) is 18.3 Å². The van der Waals surface area contributed by atoms with Gasteiger partial charge in [0.1, 0.15) is 0 Å². The fourth-order valence-corrected chi connectivity index (χ4v) is 2.13. The van der Waals surface area contributed by atoms with Crippen molar-refractivity contribution in [2.75, 3.05) is 6.54 Å². The van der Waals surface area contributed by atoms with E-state index < -0.39 is 0 Å². The number of benzene rings is 1. The van der Waals surface area contributed by atoms with Crippen LogP contribution in [0.4, 0.5) is 0 Å². The summed E-state index contributed by atoms with van der Waals surface area (Å²) >= 11 is 6.10. The van der Waals surface area contributed by atoms with Gasteiger partial charge in [-0.3, -0.25) is 14.3 Å². The van der Waals surface area contributed by atoms with Gasteiger partial charge in [0.25, 0.3) is 5.91 Å². The lowest BCUT2D eigenvalue weighted by Gasteiger charge is -2.04. The topological polar surface area (TPSA) is 90.0 Å². The number of nitrogens with two attached hydrogens (primary N) is 1. The molecule has 116 valence electrons. The first-order valence-electron chi connectivity index (χ1n) is 6.88. The van der Waals surface area contributed by atoms with Gasteiger partial charge in [-0.15, -0.1) is 0 Å². The maximum Gasteiger partial charge on any atom is 0.254 e. The number of amides is 2. The zero-order valence-corrected chi connectivity index (χ0v) is 12.7. The van der Waals surface area contributed by atoms with Crippen LogP contribution in [0.2, 0.25) is 5.02 Å². The fourth-order valence-electron chi connectivity index (χ4n) is 1.94. The molecule has 7 heteroatoms. The van der Waals surface area contributed by atoms with Gasteiger partial charge in [0.15, 0.2) is 0 Å². The van der Waals surface area contributed by atoms with Crippen molar-refractivity contribution in [2.45, 2.75) is 19.4 Å². The summed E-state index contributed by atoms with van der Waals surface area (Å²) in [7, 11) is 0. The van der Waals surface area contributed by atoms with Gasteiger partial charge in [-0.1, -0.05) is 29.8 Å². The summed E-state index contributed by atoms with van der Waals surface area (Å²) in [5, 5.41) is 7.53.